The molecule has 0 spiro atoms. The molecule has 0 heterocycles. The third-order valence-electron chi connectivity index (χ3n) is 4.68. The Labute approximate surface area is 169 Å². The van der Waals surface area contributed by atoms with Gasteiger partial charge in [0.2, 0.25) is 5.91 Å². The lowest BCUT2D eigenvalue weighted by Gasteiger charge is -2.15. The van der Waals surface area contributed by atoms with Gasteiger partial charge in [-0.1, -0.05) is 42.5 Å². The second kappa shape index (κ2) is 9.71. The topological polar surface area (TPSA) is 87.7 Å². The van der Waals surface area contributed by atoms with Crippen molar-refractivity contribution in [2.75, 3.05) is 19.0 Å². The quantitative estimate of drug-likeness (QED) is 0.519. The molecular formula is C23H24N2O4. The zero-order valence-electron chi connectivity index (χ0n) is 16.2. The highest BCUT2D eigenvalue weighted by Crippen LogP contribution is 2.19. The highest BCUT2D eigenvalue weighted by Gasteiger charge is 2.20. The first-order valence-electron chi connectivity index (χ1n) is 9.43. The van der Waals surface area contributed by atoms with Gasteiger partial charge in [0.1, 0.15) is 11.8 Å². The number of carboxylic acids is 1. The normalized spacial score (nSPS) is 11.8. The average Bonchev–Trinajstić information content (AvgIpc) is 2.73. The molecule has 0 aliphatic heterocycles. The van der Waals surface area contributed by atoms with Gasteiger partial charge in [0.25, 0.3) is 0 Å². The van der Waals surface area contributed by atoms with Gasteiger partial charge in [0, 0.05) is 5.69 Å². The van der Waals surface area contributed by atoms with Gasteiger partial charge in [0.15, 0.2) is 0 Å². The van der Waals surface area contributed by atoms with E-state index < -0.39 is 12.0 Å². The number of hydrogen-bond acceptors (Lipinski definition) is 4. The van der Waals surface area contributed by atoms with Crippen molar-refractivity contribution in [2.24, 2.45) is 0 Å². The Morgan fingerprint density at radius 1 is 1.00 bits per heavy atom. The van der Waals surface area contributed by atoms with E-state index in [9.17, 15) is 14.7 Å². The molecule has 29 heavy (non-hydrogen) atoms. The number of anilines is 1. The third-order valence-corrected chi connectivity index (χ3v) is 4.68. The van der Waals surface area contributed by atoms with Crippen LogP contribution in [0, 0.1) is 0 Å². The minimum atomic E-state index is -1.05. The fourth-order valence-corrected chi connectivity index (χ4v) is 3.09. The van der Waals surface area contributed by atoms with Gasteiger partial charge < -0.3 is 20.5 Å². The van der Waals surface area contributed by atoms with Gasteiger partial charge in [-0.3, -0.25) is 9.59 Å². The highest BCUT2D eigenvalue weighted by atomic mass is 16.5. The second-order valence-electron chi connectivity index (χ2n) is 6.76. The van der Waals surface area contributed by atoms with Crippen LogP contribution in [0.15, 0.2) is 66.7 Å². The number of carbonyl (C=O) groups excluding carboxylic acids is 1. The van der Waals surface area contributed by atoms with Crippen molar-refractivity contribution >= 4 is 28.3 Å². The molecule has 0 radical (unpaired) electrons. The third kappa shape index (κ3) is 5.80. The van der Waals surface area contributed by atoms with Gasteiger partial charge >= 0.3 is 5.97 Å². The lowest BCUT2D eigenvalue weighted by Crippen LogP contribution is -2.40. The van der Waals surface area contributed by atoms with Crippen molar-refractivity contribution in [1.29, 1.82) is 0 Å². The monoisotopic (exact) mass is 392 g/mol. The molecule has 3 N–H and O–H groups in total. The summed E-state index contributed by atoms with van der Waals surface area (Å²) in [5, 5.41) is 17.3. The smallest absolute Gasteiger partial charge is 0.321 e. The molecule has 0 saturated carbocycles. The largest absolute Gasteiger partial charge is 0.497 e. The van der Waals surface area contributed by atoms with Crippen molar-refractivity contribution in [2.45, 2.75) is 18.9 Å². The predicted molar refractivity (Wildman–Crippen MR) is 113 cm³/mol. The molecule has 6 nitrogen and oxygen atoms in total. The van der Waals surface area contributed by atoms with E-state index in [2.05, 4.69) is 10.6 Å². The number of carbonyl (C=O) groups is 2. The SMILES string of the molecule is COc1ccc(CCNC(CC(=O)Nc2ccc3ccccc3c2)C(=O)O)cc1. The molecule has 0 saturated heterocycles. The van der Waals surface area contributed by atoms with Crippen LogP contribution < -0.4 is 15.4 Å². The number of nitrogens with one attached hydrogen (secondary N) is 2. The minimum absolute atomic E-state index is 0.148. The van der Waals surface area contributed by atoms with Crippen LogP contribution in [0.3, 0.4) is 0 Å². The van der Waals surface area contributed by atoms with Crippen molar-refractivity contribution in [1.82, 2.24) is 5.32 Å². The molecule has 0 bridgehead atoms. The fraction of sp³-hybridized carbons (Fsp3) is 0.217. The van der Waals surface area contributed by atoms with Crippen LogP contribution in [0.2, 0.25) is 0 Å². The van der Waals surface area contributed by atoms with Gasteiger partial charge in [-0.2, -0.15) is 0 Å². The second-order valence-corrected chi connectivity index (χ2v) is 6.76. The number of benzene rings is 3. The Balaban J connectivity index is 1.53. The number of ether oxygens (including phenoxy) is 1. The van der Waals surface area contributed by atoms with Gasteiger partial charge in [-0.25, -0.2) is 0 Å². The number of fused-ring (bicyclic) bond motifs is 1. The first kappa shape index (κ1) is 20.4. The first-order chi connectivity index (χ1) is 14.0. The number of hydrogen-bond donors (Lipinski definition) is 3. The molecule has 0 aliphatic carbocycles. The van der Waals surface area contributed by atoms with Crippen LogP contribution in [0.5, 0.6) is 5.75 Å². The summed E-state index contributed by atoms with van der Waals surface area (Å²) in [6.45, 7) is 0.451. The van der Waals surface area contributed by atoms with E-state index in [1.54, 1.807) is 7.11 Å². The summed E-state index contributed by atoms with van der Waals surface area (Å²) < 4.78 is 5.12. The summed E-state index contributed by atoms with van der Waals surface area (Å²) in [7, 11) is 1.61. The maximum Gasteiger partial charge on any atom is 0.321 e. The molecule has 3 rings (SSSR count). The zero-order chi connectivity index (χ0) is 20.6. The first-order valence-corrected chi connectivity index (χ1v) is 9.43. The highest BCUT2D eigenvalue weighted by molar-refractivity contribution is 5.96. The van der Waals surface area contributed by atoms with E-state index in [-0.39, 0.29) is 12.3 Å². The summed E-state index contributed by atoms with van der Waals surface area (Å²) in [6, 6.07) is 20.1. The summed E-state index contributed by atoms with van der Waals surface area (Å²) >= 11 is 0. The van der Waals surface area contributed by atoms with Crippen LogP contribution >= 0.6 is 0 Å². The Hall–Kier alpha value is -3.38. The van der Waals surface area contributed by atoms with E-state index in [1.165, 1.54) is 0 Å². The molecule has 1 amide bonds. The molecule has 3 aromatic carbocycles. The maximum atomic E-state index is 12.3. The van der Waals surface area contributed by atoms with E-state index >= 15 is 0 Å². The molecule has 3 aromatic rings. The van der Waals surface area contributed by atoms with E-state index in [1.807, 2.05) is 66.7 Å². The van der Waals surface area contributed by atoms with Crippen molar-refractivity contribution < 1.29 is 19.4 Å². The number of rotatable bonds is 9. The van der Waals surface area contributed by atoms with Gasteiger partial charge in [-0.05, 0) is 53.6 Å². The van der Waals surface area contributed by atoms with Crippen molar-refractivity contribution in [3.8, 4) is 5.75 Å². The molecule has 150 valence electrons. The lowest BCUT2D eigenvalue weighted by molar-refractivity contribution is -0.141. The van der Waals surface area contributed by atoms with Crippen LogP contribution in [-0.2, 0) is 16.0 Å². The standard InChI is InChI=1S/C23H24N2O4/c1-29-20-10-6-16(7-11-20)12-13-24-21(23(27)28)15-22(26)25-19-9-8-17-4-2-3-5-18(17)14-19/h2-11,14,21,24H,12-13,15H2,1H3,(H,25,26)(H,27,28). The van der Waals surface area contributed by atoms with Crippen LogP contribution in [0.1, 0.15) is 12.0 Å². The molecule has 1 unspecified atom stereocenters. The molecule has 1 atom stereocenters. The lowest BCUT2D eigenvalue weighted by atomic mass is 10.1. The summed E-state index contributed by atoms with van der Waals surface area (Å²) in [6.07, 6.45) is 0.505. The Kier molecular flexibility index (Phi) is 6.81. The molecule has 0 fully saturated rings. The number of amides is 1. The van der Waals surface area contributed by atoms with E-state index in [0.717, 1.165) is 22.1 Å². The zero-order valence-corrected chi connectivity index (χ0v) is 16.2. The van der Waals surface area contributed by atoms with Crippen LogP contribution in [-0.4, -0.2) is 36.7 Å². The summed E-state index contributed by atoms with van der Waals surface area (Å²) in [4.78, 5) is 23.9. The van der Waals surface area contributed by atoms with Crippen molar-refractivity contribution in [3.63, 3.8) is 0 Å². The molecule has 6 heteroatoms. The predicted octanol–water partition coefficient (Wildman–Crippen LogP) is 3.46. The van der Waals surface area contributed by atoms with Gasteiger partial charge in [0.05, 0.1) is 13.5 Å². The van der Waals surface area contributed by atoms with Crippen LogP contribution in [0.25, 0.3) is 10.8 Å². The summed E-state index contributed by atoms with van der Waals surface area (Å²) in [5.41, 5.74) is 1.71. The number of methoxy groups -OCH3 is 1. The Morgan fingerprint density at radius 3 is 2.41 bits per heavy atom. The van der Waals surface area contributed by atoms with E-state index in [0.29, 0.717) is 18.7 Å². The molecular weight excluding hydrogens is 368 g/mol. The van der Waals surface area contributed by atoms with Gasteiger partial charge in [-0.15, -0.1) is 0 Å². The Bertz CT molecular complexity index is 986. The van der Waals surface area contributed by atoms with Crippen molar-refractivity contribution in [3.05, 3.63) is 72.3 Å². The fourth-order valence-electron chi connectivity index (χ4n) is 3.09. The minimum Gasteiger partial charge on any atom is -0.497 e. The molecule has 0 aromatic heterocycles. The average molecular weight is 392 g/mol. The van der Waals surface area contributed by atoms with E-state index in [4.69, 9.17) is 4.74 Å². The van der Waals surface area contributed by atoms with Crippen LogP contribution in [0.4, 0.5) is 5.69 Å². The molecule has 0 aliphatic rings. The number of carboxylic acid groups (broad SMARTS) is 1. The maximum absolute atomic E-state index is 12.3. The Morgan fingerprint density at radius 2 is 1.72 bits per heavy atom. The number of aliphatic carboxylic acids is 1. The summed E-state index contributed by atoms with van der Waals surface area (Å²) in [5.74, 6) is -0.617.